The molecule has 0 bridgehead atoms. The number of ether oxygens (including phenoxy) is 1. The molecule has 2 heteroatoms. The minimum atomic E-state index is -0.124. The van der Waals surface area contributed by atoms with E-state index < -0.39 is 0 Å². The first-order valence-corrected chi connectivity index (χ1v) is 11.8. The van der Waals surface area contributed by atoms with Gasteiger partial charge in [0.05, 0.1) is 5.54 Å². The zero-order valence-electron chi connectivity index (χ0n) is 18.8. The van der Waals surface area contributed by atoms with Crippen molar-refractivity contribution in [3.8, 4) is 0 Å². The Morgan fingerprint density at radius 3 is 2.14 bits per heavy atom. The van der Waals surface area contributed by atoms with E-state index in [-0.39, 0.29) is 5.54 Å². The SMILES string of the molecule is CCCCCCCCCCCCc1ccc2ccccc2c1C1=NC(C)(C)CO1. The third-order valence-corrected chi connectivity index (χ3v) is 6.00. The highest BCUT2D eigenvalue weighted by Gasteiger charge is 2.29. The van der Waals surface area contributed by atoms with Gasteiger partial charge in [-0.25, -0.2) is 4.99 Å². The van der Waals surface area contributed by atoms with Crippen molar-refractivity contribution in [1.82, 2.24) is 0 Å². The first-order chi connectivity index (χ1) is 14.1. The minimum absolute atomic E-state index is 0.124. The van der Waals surface area contributed by atoms with Crippen LogP contribution >= 0.6 is 0 Å². The van der Waals surface area contributed by atoms with Crippen LogP contribution in [-0.4, -0.2) is 18.0 Å². The zero-order chi connectivity index (χ0) is 20.5. The van der Waals surface area contributed by atoms with Crippen LogP contribution in [0.5, 0.6) is 0 Å². The van der Waals surface area contributed by atoms with Gasteiger partial charge in [-0.1, -0.05) is 101 Å². The molecule has 2 aromatic rings. The summed E-state index contributed by atoms with van der Waals surface area (Å²) in [6.07, 6.45) is 14.8. The Hall–Kier alpha value is -1.83. The van der Waals surface area contributed by atoms with E-state index in [9.17, 15) is 0 Å². The van der Waals surface area contributed by atoms with E-state index in [1.54, 1.807) is 0 Å². The number of unbranched alkanes of at least 4 members (excludes halogenated alkanes) is 9. The van der Waals surface area contributed by atoms with Crippen LogP contribution in [0.4, 0.5) is 0 Å². The summed E-state index contributed by atoms with van der Waals surface area (Å²) < 4.78 is 6.05. The van der Waals surface area contributed by atoms with E-state index in [1.165, 1.54) is 86.1 Å². The normalized spacial score (nSPS) is 15.5. The number of rotatable bonds is 12. The predicted molar refractivity (Wildman–Crippen MR) is 126 cm³/mol. The summed E-state index contributed by atoms with van der Waals surface area (Å²) in [4.78, 5) is 4.90. The van der Waals surface area contributed by atoms with Crippen LogP contribution in [0, 0.1) is 0 Å². The van der Waals surface area contributed by atoms with Gasteiger partial charge >= 0.3 is 0 Å². The summed E-state index contributed by atoms with van der Waals surface area (Å²) in [7, 11) is 0. The maximum Gasteiger partial charge on any atom is 0.217 e. The molecule has 2 aromatic carbocycles. The summed E-state index contributed by atoms with van der Waals surface area (Å²) in [5, 5.41) is 2.54. The van der Waals surface area contributed by atoms with Crippen molar-refractivity contribution in [1.29, 1.82) is 0 Å². The first kappa shape index (κ1) is 21.9. The molecule has 2 nitrogen and oxygen atoms in total. The molecule has 1 aliphatic rings. The number of aliphatic imine (C=N–C) groups is 1. The Kier molecular flexibility index (Phi) is 8.15. The summed E-state index contributed by atoms with van der Waals surface area (Å²) in [5.41, 5.74) is 2.49. The average molecular weight is 394 g/mol. The lowest BCUT2D eigenvalue weighted by molar-refractivity contribution is 0.279. The Morgan fingerprint density at radius 1 is 0.828 bits per heavy atom. The zero-order valence-corrected chi connectivity index (χ0v) is 18.8. The third-order valence-electron chi connectivity index (χ3n) is 6.00. The largest absolute Gasteiger partial charge is 0.475 e. The summed E-state index contributed by atoms with van der Waals surface area (Å²) in [5.74, 6) is 0.842. The second-order valence-electron chi connectivity index (χ2n) is 9.27. The number of nitrogens with zero attached hydrogens (tertiary/aromatic N) is 1. The van der Waals surface area contributed by atoms with Crippen LogP contribution in [0.15, 0.2) is 41.4 Å². The molecule has 0 fully saturated rings. The Morgan fingerprint density at radius 2 is 1.48 bits per heavy atom. The summed E-state index contributed by atoms with van der Waals surface area (Å²) >= 11 is 0. The third kappa shape index (κ3) is 6.32. The van der Waals surface area contributed by atoms with Crippen molar-refractivity contribution in [2.75, 3.05) is 6.61 Å². The number of hydrogen-bond donors (Lipinski definition) is 0. The predicted octanol–water partition coefficient (Wildman–Crippen LogP) is 7.86. The van der Waals surface area contributed by atoms with Crippen LogP contribution in [0.3, 0.4) is 0 Å². The molecule has 0 N–H and O–H groups in total. The number of hydrogen-bond acceptors (Lipinski definition) is 2. The van der Waals surface area contributed by atoms with Gasteiger partial charge in [-0.2, -0.15) is 0 Å². The molecule has 0 aliphatic carbocycles. The molecule has 0 saturated carbocycles. The second kappa shape index (κ2) is 10.8. The van der Waals surface area contributed by atoms with Gasteiger partial charge in [0.2, 0.25) is 5.90 Å². The lowest BCUT2D eigenvalue weighted by Gasteiger charge is -2.13. The highest BCUT2D eigenvalue weighted by atomic mass is 16.5. The number of aryl methyl sites for hydroxylation is 1. The second-order valence-corrected chi connectivity index (χ2v) is 9.27. The van der Waals surface area contributed by atoms with E-state index in [2.05, 4.69) is 57.2 Å². The van der Waals surface area contributed by atoms with E-state index >= 15 is 0 Å². The van der Waals surface area contributed by atoms with E-state index in [0.29, 0.717) is 6.61 Å². The van der Waals surface area contributed by atoms with E-state index in [1.807, 2.05) is 0 Å². The molecular formula is C27H39NO. The lowest BCUT2D eigenvalue weighted by Crippen LogP contribution is -2.17. The van der Waals surface area contributed by atoms with Crippen molar-refractivity contribution in [3.63, 3.8) is 0 Å². The summed E-state index contributed by atoms with van der Waals surface area (Å²) in [6.45, 7) is 7.25. The molecular weight excluding hydrogens is 354 g/mol. The van der Waals surface area contributed by atoms with Crippen LogP contribution < -0.4 is 0 Å². The van der Waals surface area contributed by atoms with Gasteiger partial charge in [0.15, 0.2) is 0 Å². The lowest BCUT2D eigenvalue weighted by atomic mass is 9.94. The fourth-order valence-corrected chi connectivity index (χ4v) is 4.29. The first-order valence-electron chi connectivity index (χ1n) is 11.8. The molecule has 0 unspecified atom stereocenters. The molecule has 1 aliphatic heterocycles. The minimum Gasteiger partial charge on any atom is -0.475 e. The van der Waals surface area contributed by atoms with E-state index in [0.717, 1.165) is 12.3 Å². The number of benzene rings is 2. The quantitative estimate of drug-likeness (QED) is 0.336. The molecule has 1 heterocycles. The van der Waals surface area contributed by atoms with Crippen molar-refractivity contribution in [2.24, 2.45) is 4.99 Å². The van der Waals surface area contributed by atoms with Gasteiger partial charge in [-0.05, 0) is 43.0 Å². The van der Waals surface area contributed by atoms with Crippen molar-refractivity contribution in [3.05, 3.63) is 47.5 Å². The molecule has 0 atom stereocenters. The molecule has 0 amide bonds. The highest BCUT2D eigenvalue weighted by molar-refractivity contribution is 6.09. The van der Waals surface area contributed by atoms with Crippen LogP contribution in [0.1, 0.15) is 96.1 Å². The monoisotopic (exact) mass is 393 g/mol. The van der Waals surface area contributed by atoms with Gasteiger partial charge < -0.3 is 4.74 Å². The van der Waals surface area contributed by atoms with Crippen LogP contribution in [0.25, 0.3) is 10.8 Å². The smallest absolute Gasteiger partial charge is 0.217 e. The molecule has 3 rings (SSSR count). The topological polar surface area (TPSA) is 21.6 Å². The summed E-state index contributed by atoms with van der Waals surface area (Å²) in [6, 6.07) is 13.2. The van der Waals surface area contributed by atoms with Gasteiger partial charge in [0.25, 0.3) is 0 Å². The van der Waals surface area contributed by atoms with Crippen molar-refractivity contribution < 1.29 is 4.74 Å². The number of fused-ring (bicyclic) bond motifs is 1. The average Bonchev–Trinajstić information content (AvgIpc) is 3.08. The van der Waals surface area contributed by atoms with E-state index in [4.69, 9.17) is 9.73 Å². The molecule has 0 aromatic heterocycles. The Bertz CT molecular complexity index is 805. The van der Waals surface area contributed by atoms with Gasteiger partial charge in [0.1, 0.15) is 6.61 Å². The maximum atomic E-state index is 6.05. The maximum absolute atomic E-state index is 6.05. The van der Waals surface area contributed by atoms with Gasteiger partial charge in [0, 0.05) is 5.56 Å². The Balaban J connectivity index is 1.57. The molecule has 0 saturated heterocycles. The van der Waals surface area contributed by atoms with Gasteiger partial charge in [-0.3, -0.25) is 0 Å². The van der Waals surface area contributed by atoms with Crippen molar-refractivity contribution >= 4 is 16.7 Å². The van der Waals surface area contributed by atoms with Crippen LogP contribution in [-0.2, 0) is 11.2 Å². The fraction of sp³-hybridized carbons (Fsp3) is 0.593. The highest BCUT2D eigenvalue weighted by Crippen LogP contribution is 2.29. The molecule has 0 spiro atoms. The van der Waals surface area contributed by atoms with Crippen molar-refractivity contribution in [2.45, 2.75) is 96.9 Å². The van der Waals surface area contributed by atoms with Crippen LogP contribution in [0.2, 0.25) is 0 Å². The molecule has 0 radical (unpaired) electrons. The van der Waals surface area contributed by atoms with Gasteiger partial charge in [-0.15, -0.1) is 0 Å². The Labute approximate surface area is 177 Å². The molecule has 158 valence electrons. The molecule has 29 heavy (non-hydrogen) atoms. The fourth-order valence-electron chi connectivity index (χ4n) is 4.29. The standard InChI is InChI=1S/C27H39NO/c1-4-5-6-7-8-9-10-11-12-13-17-23-20-19-22-16-14-15-18-24(22)25(23)26-28-27(2,3)21-29-26/h14-16,18-20H,4-13,17,21H2,1-3H3.